The molecule has 0 aliphatic rings. The van der Waals surface area contributed by atoms with E-state index in [-0.39, 0.29) is 31.1 Å². The third-order valence-corrected chi connectivity index (χ3v) is 4.13. The Labute approximate surface area is 168 Å². The van der Waals surface area contributed by atoms with Gasteiger partial charge in [-0.3, -0.25) is 14.4 Å². The quantitative estimate of drug-likeness (QED) is 0.581. The third-order valence-electron chi connectivity index (χ3n) is 4.13. The molecule has 1 atom stereocenters. The zero-order valence-electron chi connectivity index (χ0n) is 16.5. The van der Waals surface area contributed by atoms with Gasteiger partial charge < -0.3 is 29.3 Å². The fraction of sp³-hybridized carbons (Fsp3) is 0.350. The van der Waals surface area contributed by atoms with Gasteiger partial charge in [-0.15, -0.1) is 0 Å². The van der Waals surface area contributed by atoms with E-state index in [1.807, 2.05) is 0 Å². The molecule has 0 aliphatic heterocycles. The van der Waals surface area contributed by atoms with Crippen molar-refractivity contribution >= 4 is 17.8 Å². The molecule has 0 spiro atoms. The number of carbonyl (C=O) groups is 3. The van der Waals surface area contributed by atoms with Crippen LogP contribution < -0.4 is 20.1 Å². The lowest BCUT2D eigenvalue weighted by molar-refractivity contribution is -0.141. The predicted molar refractivity (Wildman–Crippen MR) is 103 cm³/mol. The molecule has 0 bridgehead atoms. The van der Waals surface area contributed by atoms with Crippen molar-refractivity contribution in [2.24, 2.45) is 0 Å². The fourth-order valence-electron chi connectivity index (χ4n) is 2.62. The zero-order valence-corrected chi connectivity index (χ0v) is 16.5. The van der Waals surface area contributed by atoms with Gasteiger partial charge in [0.2, 0.25) is 5.91 Å². The number of carbonyl (C=O) groups excluding carboxylic acids is 3. The average molecular weight is 404 g/mol. The summed E-state index contributed by atoms with van der Waals surface area (Å²) in [5.41, 5.74) is 0.654. The average Bonchev–Trinajstić information content (AvgIpc) is 3.27. The molecular weight excluding hydrogens is 380 g/mol. The minimum absolute atomic E-state index is 0.0252. The number of amides is 2. The van der Waals surface area contributed by atoms with Crippen molar-refractivity contribution in [2.45, 2.75) is 18.9 Å². The van der Waals surface area contributed by atoms with E-state index >= 15 is 0 Å². The van der Waals surface area contributed by atoms with Gasteiger partial charge in [-0.2, -0.15) is 0 Å². The van der Waals surface area contributed by atoms with Gasteiger partial charge in [0.1, 0.15) is 0 Å². The van der Waals surface area contributed by atoms with Crippen molar-refractivity contribution < 1.29 is 33.0 Å². The summed E-state index contributed by atoms with van der Waals surface area (Å²) in [6.07, 6.45) is 1.36. The van der Waals surface area contributed by atoms with Crippen molar-refractivity contribution in [1.29, 1.82) is 0 Å². The molecule has 1 aromatic carbocycles. The van der Waals surface area contributed by atoms with E-state index in [0.717, 1.165) is 0 Å². The van der Waals surface area contributed by atoms with Crippen LogP contribution in [-0.4, -0.2) is 45.7 Å². The topological polar surface area (TPSA) is 116 Å². The van der Waals surface area contributed by atoms with Crippen LogP contribution in [0.2, 0.25) is 0 Å². The van der Waals surface area contributed by atoms with Crippen LogP contribution in [0, 0.1) is 0 Å². The summed E-state index contributed by atoms with van der Waals surface area (Å²) in [6.45, 7) is 0.113. The van der Waals surface area contributed by atoms with Crippen LogP contribution in [0.4, 0.5) is 0 Å². The molecule has 0 aliphatic carbocycles. The molecule has 0 fully saturated rings. The molecule has 2 aromatic rings. The first-order valence-corrected chi connectivity index (χ1v) is 8.88. The molecule has 1 unspecified atom stereocenters. The number of furan rings is 1. The minimum atomic E-state index is -0.629. The van der Waals surface area contributed by atoms with Crippen molar-refractivity contribution in [3.8, 4) is 11.5 Å². The van der Waals surface area contributed by atoms with Gasteiger partial charge in [-0.25, -0.2) is 0 Å². The van der Waals surface area contributed by atoms with Gasteiger partial charge in [-0.05, 0) is 29.8 Å². The Morgan fingerprint density at radius 3 is 2.45 bits per heavy atom. The number of ether oxygens (including phenoxy) is 3. The first-order chi connectivity index (χ1) is 14.0. The Morgan fingerprint density at radius 1 is 1.07 bits per heavy atom. The second kappa shape index (κ2) is 10.7. The van der Waals surface area contributed by atoms with Crippen LogP contribution in [-0.2, 0) is 14.3 Å². The van der Waals surface area contributed by atoms with E-state index in [0.29, 0.717) is 17.1 Å². The number of esters is 1. The van der Waals surface area contributed by atoms with Crippen LogP contribution in [0.3, 0.4) is 0 Å². The lowest BCUT2D eigenvalue weighted by Gasteiger charge is -2.20. The molecule has 1 aromatic heterocycles. The maximum absolute atomic E-state index is 12.3. The Bertz CT molecular complexity index is 833. The second-order valence-corrected chi connectivity index (χ2v) is 6.00. The number of benzene rings is 1. The van der Waals surface area contributed by atoms with Crippen LogP contribution >= 0.6 is 0 Å². The summed E-state index contributed by atoms with van der Waals surface area (Å²) in [5.74, 6) is -0.0578. The lowest BCUT2D eigenvalue weighted by Crippen LogP contribution is -2.34. The minimum Gasteiger partial charge on any atom is -0.493 e. The van der Waals surface area contributed by atoms with Crippen molar-refractivity contribution in [3.63, 3.8) is 0 Å². The zero-order chi connectivity index (χ0) is 21.2. The molecule has 2 N–H and O–H groups in total. The highest BCUT2D eigenvalue weighted by molar-refractivity contribution is 5.91. The molecule has 9 nitrogen and oxygen atoms in total. The monoisotopic (exact) mass is 404 g/mol. The molecule has 29 heavy (non-hydrogen) atoms. The summed E-state index contributed by atoms with van der Waals surface area (Å²) in [7, 11) is 4.29. The maximum Gasteiger partial charge on any atom is 0.307 e. The van der Waals surface area contributed by atoms with Gasteiger partial charge in [0, 0.05) is 13.0 Å². The third kappa shape index (κ3) is 6.27. The highest BCUT2D eigenvalue weighted by atomic mass is 16.5. The van der Waals surface area contributed by atoms with Crippen molar-refractivity contribution in [2.75, 3.05) is 27.9 Å². The number of hydrogen-bond acceptors (Lipinski definition) is 7. The summed E-state index contributed by atoms with van der Waals surface area (Å²) in [5, 5.41) is 5.38. The van der Waals surface area contributed by atoms with Crippen molar-refractivity contribution in [3.05, 3.63) is 47.9 Å². The molecule has 2 amide bonds. The summed E-state index contributed by atoms with van der Waals surface area (Å²) >= 11 is 0. The highest BCUT2D eigenvalue weighted by Gasteiger charge is 2.21. The van der Waals surface area contributed by atoms with E-state index < -0.39 is 17.9 Å². The molecule has 9 heteroatoms. The first-order valence-electron chi connectivity index (χ1n) is 8.88. The van der Waals surface area contributed by atoms with E-state index in [4.69, 9.17) is 18.6 Å². The van der Waals surface area contributed by atoms with Gasteiger partial charge in [0.05, 0.1) is 40.1 Å². The van der Waals surface area contributed by atoms with E-state index in [9.17, 15) is 14.4 Å². The Hall–Kier alpha value is -3.49. The van der Waals surface area contributed by atoms with Gasteiger partial charge in [0.15, 0.2) is 17.3 Å². The molecule has 0 radical (unpaired) electrons. The molecule has 0 saturated heterocycles. The lowest BCUT2D eigenvalue weighted by atomic mass is 10.0. The highest BCUT2D eigenvalue weighted by Crippen LogP contribution is 2.31. The van der Waals surface area contributed by atoms with Crippen LogP contribution in [0.15, 0.2) is 41.0 Å². The predicted octanol–water partition coefficient (Wildman–Crippen LogP) is 1.84. The van der Waals surface area contributed by atoms with Crippen LogP contribution in [0.25, 0.3) is 0 Å². The fourth-order valence-corrected chi connectivity index (χ4v) is 2.62. The number of methoxy groups -OCH3 is 3. The van der Waals surface area contributed by atoms with E-state index in [1.54, 1.807) is 24.3 Å². The first kappa shape index (κ1) is 21.8. The number of rotatable bonds is 10. The summed E-state index contributed by atoms with van der Waals surface area (Å²) in [4.78, 5) is 36.0. The van der Waals surface area contributed by atoms with E-state index in [1.165, 1.54) is 33.7 Å². The number of hydrogen-bond donors (Lipinski definition) is 2. The largest absolute Gasteiger partial charge is 0.493 e. The molecule has 2 rings (SSSR count). The Kier molecular flexibility index (Phi) is 8.08. The standard InChI is InChI=1S/C20H24N2O7/c1-26-15-7-6-13(11-17(15)27-2)14(12-19(24)28-3)22-18(23)8-9-21-20(25)16-5-4-10-29-16/h4-7,10-11,14H,8-9,12H2,1-3H3,(H,21,25)(H,22,23). The van der Waals surface area contributed by atoms with Gasteiger partial charge >= 0.3 is 5.97 Å². The Morgan fingerprint density at radius 2 is 1.83 bits per heavy atom. The second-order valence-electron chi connectivity index (χ2n) is 6.00. The summed E-state index contributed by atoms with van der Waals surface area (Å²) < 4.78 is 20.2. The normalized spacial score (nSPS) is 11.3. The number of nitrogens with one attached hydrogen (secondary N) is 2. The summed E-state index contributed by atoms with van der Waals surface area (Å²) in [6, 6.07) is 7.60. The molecule has 0 saturated carbocycles. The Balaban J connectivity index is 2.01. The van der Waals surface area contributed by atoms with Gasteiger partial charge in [0.25, 0.3) is 5.91 Å². The van der Waals surface area contributed by atoms with Crippen molar-refractivity contribution in [1.82, 2.24) is 10.6 Å². The SMILES string of the molecule is COC(=O)CC(NC(=O)CCNC(=O)c1ccco1)c1ccc(OC)c(OC)c1. The van der Waals surface area contributed by atoms with Gasteiger partial charge in [-0.1, -0.05) is 6.07 Å². The molecule has 156 valence electrons. The smallest absolute Gasteiger partial charge is 0.307 e. The van der Waals surface area contributed by atoms with Crippen LogP contribution in [0.1, 0.15) is 35.0 Å². The molecule has 1 heterocycles. The van der Waals surface area contributed by atoms with Crippen LogP contribution in [0.5, 0.6) is 11.5 Å². The van der Waals surface area contributed by atoms with E-state index in [2.05, 4.69) is 10.6 Å². The maximum atomic E-state index is 12.3. The molecular formula is C20H24N2O7.